The van der Waals surface area contributed by atoms with Crippen LogP contribution in [-0.4, -0.2) is 23.4 Å². The van der Waals surface area contributed by atoms with Crippen LogP contribution in [0.1, 0.15) is 6.42 Å². The number of halogens is 1. The van der Waals surface area contributed by atoms with Crippen molar-refractivity contribution in [2.24, 2.45) is 5.10 Å². The summed E-state index contributed by atoms with van der Waals surface area (Å²) in [4.78, 5) is 12.5. The normalized spacial score (nSPS) is 23.7. The van der Waals surface area contributed by atoms with E-state index in [2.05, 4.69) is 15.8 Å². The fourth-order valence-corrected chi connectivity index (χ4v) is 3.74. The Labute approximate surface area is 131 Å². The zero-order valence-corrected chi connectivity index (χ0v) is 12.6. The van der Waals surface area contributed by atoms with Gasteiger partial charge in [-0.25, -0.2) is 0 Å². The van der Waals surface area contributed by atoms with Crippen molar-refractivity contribution >= 4 is 40.7 Å². The number of hydrazone groups is 1. The summed E-state index contributed by atoms with van der Waals surface area (Å²) in [6.45, 7) is 0. The van der Waals surface area contributed by atoms with Gasteiger partial charge in [0, 0.05) is 16.8 Å². The molecule has 21 heavy (non-hydrogen) atoms. The fourth-order valence-electron chi connectivity index (χ4n) is 2.67. The van der Waals surface area contributed by atoms with Crippen molar-refractivity contribution in [1.82, 2.24) is 5.32 Å². The van der Waals surface area contributed by atoms with Crippen LogP contribution in [0.3, 0.4) is 0 Å². The fraction of sp³-hybridized carbons (Fsp3) is 0.200. The Morgan fingerprint density at radius 3 is 2.95 bits per heavy atom. The molecule has 1 aromatic rings. The van der Waals surface area contributed by atoms with Crippen LogP contribution in [0.4, 0.5) is 5.69 Å². The van der Waals surface area contributed by atoms with Gasteiger partial charge >= 0.3 is 0 Å². The number of carbonyl (C=O) groups excluding carboxylic acids is 1. The maximum absolute atomic E-state index is 12.5. The first-order valence-corrected chi connectivity index (χ1v) is 8.14. The Morgan fingerprint density at radius 2 is 2.14 bits per heavy atom. The van der Waals surface area contributed by atoms with Crippen LogP contribution in [0.5, 0.6) is 0 Å². The van der Waals surface area contributed by atoms with Gasteiger partial charge in [-0.15, -0.1) is 11.8 Å². The molecule has 106 valence electrons. The molecule has 1 atom stereocenters. The first-order valence-electron chi connectivity index (χ1n) is 6.71. The molecule has 0 saturated heterocycles. The lowest BCUT2D eigenvalue weighted by molar-refractivity contribution is -0.114. The lowest BCUT2D eigenvalue weighted by Gasteiger charge is -2.27. The Hall–Kier alpha value is -1.72. The zero-order valence-electron chi connectivity index (χ0n) is 11.0. The lowest BCUT2D eigenvalue weighted by Crippen LogP contribution is -2.38. The minimum atomic E-state index is -0.102. The smallest absolute Gasteiger partial charge is 0.282 e. The number of fused-ring (bicyclic) bond motifs is 3. The molecule has 1 aromatic carbocycles. The summed E-state index contributed by atoms with van der Waals surface area (Å²) in [7, 11) is 0. The summed E-state index contributed by atoms with van der Waals surface area (Å²) in [5, 5.41) is 12.1. The topological polar surface area (TPSA) is 44.7 Å². The van der Waals surface area contributed by atoms with Crippen LogP contribution in [0.15, 0.2) is 52.1 Å². The Morgan fingerprint density at radius 1 is 1.33 bits per heavy atom. The van der Waals surface area contributed by atoms with Crippen LogP contribution in [0.2, 0.25) is 5.02 Å². The highest BCUT2D eigenvalue weighted by molar-refractivity contribution is 8.02. The van der Waals surface area contributed by atoms with Crippen molar-refractivity contribution in [2.75, 3.05) is 10.8 Å². The van der Waals surface area contributed by atoms with E-state index in [1.807, 2.05) is 0 Å². The van der Waals surface area contributed by atoms with E-state index in [-0.39, 0.29) is 11.9 Å². The molecular formula is C15H12ClN3OS. The van der Waals surface area contributed by atoms with E-state index in [1.165, 1.54) is 5.01 Å². The van der Waals surface area contributed by atoms with Crippen LogP contribution in [0, 0.1) is 0 Å². The molecular weight excluding hydrogens is 306 g/mol. The number of benzene rings is 1. The molecule has 0 spiro atoms. The number of thioether (sulfide) groups is 1. The third-order valence-corrected chi connectivity index (χ3v) is 4.91. The van der Waals surface area contributed by atoms with Crippen molar-refractivity contribution in [1.29, 1.82) is 0 Å². The monoisotopic (exact) mass is 317 g/mol. The maximum atomic E-state index is 12.5. The van der Waals surface area contributed by atoms with E-state index in [9.17, 15) is 4.79 Å². The van der Waals surface area contributed by atoms with E-state index in [0.29, 0.717) is 10.6 Å². The largest absolute Gasteiger partial charge is 0.383 e. The molecule has 0 bridgehead atoms. The number of nitrogens with one attached hydrogen (secondary N) is 1. The van der Waals surface area contributed by atoms with Gasteiger partial charge in [0.25, 0.3) is 5.91 Å². The Balaban J connectivity index is 1.76. The van der Waals surface area contributed by atoms with Gasteiger partial charge in [0.1, 0.15) is 5.71 Å². The molecule has 3 aliphatic rings. The summed E-state index contributed by atoms with van der Waals surface area (Å²) >= 11 is 7.67. The first kappa shape index (κ1) is 13.0. The molecule has 1 unspecified atom stereocenters. The van der Waals surface area contributed by atoms with Crippen molar-refractivity contribution in [3.63, 3.8) is 0 Å². The molecule has 3 aliphatic heterocycles. The van der Waals surface area contributed by atoms with Crippen LogP contribution >= 0.6 is 23.4 Å². The van der Waals surface area contributed by atoms with E-state index in [0.717, 1.165) is 29.1 Å². The summed E-state index contributed by atoms with van der Waals surface area (Å²) in [6.07, 6.45) is 2.85. The number of anilines is 1. The zero-order chi connectivity index (χ0) is 14.4. The van der Waals surface area contributed by atoms with Gasteiger partial charge in [0.05, 0.1) is 17.3 Å². The van der Waals surface area contributed by atoms with E-state index in [1.54, 1.807) is 42.2 Å². The number of hydrogen-bond donors (Lipinski definition) is 1. The van der Waals surface area contributed by atoms with Gasteiger partial charge in [-0.2, -0.15) is 10.1 Å². The Bertz CT molecular complexity index is 708. The van der Waals surface area contributed by atoms with Gasteiger partial charge in [-0.05, 0) is 41.8 Å². The highest BCUT2D eigenvalue weighted by Gasteiger charge is 2.38. The number of nitrogens with zero attached hydrogens (tertiary/aromatic N) is 2. The Kier molecular flexibility index (Phi) is 3.05. The van der Waals surface area contributed by atoms with Crippen LogP contribution < -0.4 is 10.3 Å². The SMILES string of the molecule is O=C1C2=CNC3CCSC=C3C2=NN1c1ccc(Cl)cc1. The summed E-state index contributed by atoms with van der Waals surface area (Å²) in [5.74, 6) is 0.988. The lowest BCUT2D eigenvalue weighted by atomic mass is 9.93. The van der Waals surface area contributed by atoms with Crippen molar-refractivity contribution in [2.45, 2.75) is 12.5 Å². The molecule has 0 saturated carbocycles. The van der Waals surface area contributed by atoms with E-state index in [4.69, 9.17) is 11.6 Å². The third-order valence-electron chi connectivity index (χ3n) is 3.76. The van der Waals surface area contributed by atoms with Crippen LogP contribution in [0.25, 0.3) is 0 Å². The van der Waals surface area contributed by atoms with E-state index < -0.39 is 0 Å². The molecule has 3 heterocycles. The molecule has 0 radical (unpaired) electrons. The summed E-state index contributed by atoms with van der Waals surface area (Å²) < 4.78 is 0. The van der Waals surface area contributed by atoms with Crippen molar-refractivity contribution in [3.8, 4) is 0 Å². The number of hydrogen-bond acceptors (Lipinski definition) is 4. The average Bonchev–Trinajstić information content (AvgIpc) is 2.86. The molecule has 1 N–H and O–H groups in total. The second-order valence-corrected chi connectivity index (χ2v) is 6.47. The highest BCUT2D eigenvalue weighted by Crippen LogP contribution is 2.33. The minimum absolute atomic E-state index is 0.102. The van der Waals surface area contributed by atoms with Gasteiger partial charge in [0.2, 0.25) is 0 Å². The molecule has 0 fully saturated rings. The molecule has 6 heteroatoms. The molecule has 0 aromatic heterocycles. The summed E-state index contributed by atoms with van der Waals surface area (Å²) in [6, 6.07) is 7.40. The predicted molar refractivity (Wildman–Crippen MR) is 86.5 cm³/mol. The van der Waals surface area contributed by atoms with Gasteiger partial charge in [0.15, 0.2) is 0 Å². The first-order chi connectivity index (χ1) is 10.2. The quantitative estimate of drug-likeness (QED) is 0.866. The second-order valence-electron chi connectivity index (χ2n) is 5.05. The summed E-state index contributed by atoms with van der Waals surface area (Å²) in [5.41, 5.74) is 3.28. The number of amides is 1. The molecule has 4 rings (SSSR count). The van der Waals surface area contributed by atoms with Gasteiger partial charge in [-0.3, -0.25) is 4.79 Å². The third kappa shape index (κ3) is 2.08. The molecule has 0 aliphatic carbocycles. The molecule has 1 amide bonds. The second kappa shape index (κ2) is 4.93. The van der Waals surface area contributed by atoms with E-state index >= 15 is 0 Å². The standard InChI is InChI=1S/C15H12ClN3OS/c16-9-1-3-10(4-2-9)19-15(20)11-7-17-13-5-6-21-8-12(13)14(11)18-19/h1-4,7-8,13,17H,5-6H2. The minimum Gasteiger partial charge on any atom is -0.383 e. The molecule has 4 nitrogen and oxygen atoms in total. The van der Waals surface area contributed by atoms with Gasteiger partial charge in [-0.1, -0.05) is 11.6 Å². The number of rotatable bonds is 1. The van der Waals surface area contributed by atoms with Gasteiger partial charge < -0.3 is 5.32 Å². The highest BCUT2D eigenvalue weighted by atomic mass is 35.5. The average molecular weight is 318 g/mol. The number of carbonyl (C=O) groups is 1. The van der Waals surface area contributed by atoms with Crippen LogP contribution in [-0.2, 0) is 4.79 Å². The predicted octanol–water partition coefficient (Wildman–Crippen LogP) is 2.92. The maximum Gasteiger partial charge on any atom is 0.282 e. The van der Waals surface area contributed by atoms with Crippen molar-refractivity contribution < 1.29 is 4.79 Å². The van der Waals surface area contributed by atoms with Crippen molar-refractivity contribution in [3.05, 3.63) is 52.0 Å².